The van der Waals surface area contributed by atoms with E-state index in [0.29, 0.717) is 0 Å². The molecule has 0 aliphatic rings. The van der Waals surface area contributed by atoms with Crippen molar-refractivity contribution in [3.63, 3.8) is 0 Å². The fourth-order valence-electron chi connectivity index (χ4n) is 3.27. The van der Waals surface area contributed by atoms with Gasteiger partial charge in [0, 0.05) is 25.6 Å². The first kappa shape index (κ1) is 11.3. The molecule has 0 amide bonds. The number of fused-ring (bicyclic) bond motifs is 7. The molecule has 21 heavy (non-hydrogen) atoms. The van der Waals surface area contributed by atoms with Crippen LogP contribution < -0.4 is 0 Å². The topological polar surface area (TPSA) is 0 Å². The van der Waals surface area contributed by atoms with E-state index in [9.17, 15) is 0 Å². The first-order valence-corrected chi connectivity index (χ1v) is 7.95. The Labute approximate surface area is 126 Å². The van der Waals surface area contributed by atoms with Gasteiger partial charge < -0.3 is 0 Å². The van der Waals surface area contributed by atoms with Crippen LogP contribution in [0.25, 0.3) is 41.7 Å². The molecule has 4 aromatic carbocycles. The standard InChI is InChI=1S/C20H12S/c1-2-6-15-13(5-1)9-10-14-11-12-17-16-7-3-4-8-18(16)21-20(17)19(14)15/h1-12H. The summed E-state index contributed by atoms with van der Waals surface area (Å²) in [5.41, 5.74) is 0. The van der Waals surface area contributed by atoms with E-state index in [2.05, 4.69) is 72.8 Å². The lowest BCUT2D eigenvalue weighted by atomic mass is 10.00. The molecule has 0 saturated heterocycles. The molecular formula is C20H12S. The van der Waals surface area contributed by atoms with Crippen LogP contribution >= 0.6 is 11.3 Å². The lowest BCUT2D eigenvalue weighted by Gasteiger charge is -2.05. The smallest absolute Gasteiger partial charge is 0.0440 e. The molecule has 0 radical (unpaired) electrons. The number of hydrogen-bond acceptors (Lipinski definition) is 1. The number of benzene rings is 4. The Morgan fingerprint density at radius 1 is 0.524 bits per heavy atom. The van der Waals surface area contributed by atoms with Crippen molar-refractivity contribution in [2.75, 3.05) is 0 Å². The van der Waals surface area contributed by atoms with Crippen LogP contribution in [0.2, 0.25) is 0 Å². The largest absolute Gasteiger partial charge is 0.135 e. The Hall–Kier alpha value is -2.38. The summed E-state index contributed by atoms with van der Waals surface area (Å²) in [7, 11) is 0. The summed E-state index contributed by atoms with van der Waals surface area (Å²) in [6.45, 7) is 0. The molecule has 5 aromatic rings. The number of rotatable bonds is 0. The zero-order chi connectivity index (χ0) is 13.8. The average Bonchev–Trinajstić information content (AvgIpc) is 2.93. The third kappa shape index (κ3) is 1.50. The van der Waals surface area contributed by atoms with Crippen molar-refractivity contribution >= 4 is 53.1 Å². The minimum absolute atomic E-state index is 1.31. The Morgan fingerprint density at radius 3 is 2.19 bits per heavy atom. The second-order valence-electron chi connectivity index (χ2n) is 5.43. The summed E-state index contributed by atoms with van der Waals surface area (Å²) in [6, 6.07) is 26.4. The van der Waals surface area contributed by atoms with E-state index in [1.165, 1.54) is 41.7 Å². The maximum atomic E-state index is 2.27. The summed E-state index contributed by atoms with van der Waals surface area (Å²) < 4.78 is 2.78. The van der Waals surface area contributed by atoms with Crippen molar-refractivity contribution in [1.29, 1.82) is 0 Å². The molecule has 0 aliphatic carbocycles. The molecule has 0 unspecified atom stereocenters. The van der Waals surface area contributed by atoms with E-state index in [1.807, 2.05) is 11.3 Å². The summed E-state index contributed by atoms with van der Waals surface area (Å²) in [5.74, 6) is 0. The Bertz CT molecular complexity index is 1130. The van der Waals surface area contributed by atoms with Gasteiger partial charge in [0.15, 0.2) is 0 Å². The fourth-order valence-corrected chi connectivity index (χ4v) is 4.54. The molecule has 0 N–H and O–H groups in total. The van der Waals surface area contributed by atoms with E-state index in [-0.39, 0.29) is 0 Å². The molecular weight excluding hydrogens is 272 g/mol. The van der Waals surface area contributed by atoms with Crippen LogP contribution in [0.5, 0.6) is 0 Å². The summed E-state index contributed by atoms with van der Waals surface area (Å²) in [4.78, 5) is 0. The lowest BCUT2D eigenvalue weighted by molar-refractivity contribution is 1.80. The molecule has 0 aliphatic heterocycles. The maximum absolute atomic E-state index is 2.27. The average molecular weight is 284 g/mol. The van der Waals surface area contributed by atoms with Crippen LogP contribution in [0.3, 0.4) is 0 Å². The first-order chi connectivity index (χ1) is 10.4. The number of hydrogen-bond donors (Lipinski definition) is 0. The van der Waals surface area contributed by atoms with Crippen LogP contribution in [0.15, 0.2) is 72.8 Å². The van der Waals surface area contributed by atoms with Gasteiger partial charge in [0.2, 0.25) is 0 Å². The Kier molecular flexibility index (Phi) is 2.18. The predicted octanol–water partition coefficient (Wildman–Crippen LogP) is 6.36. The predicted molar refractivity (Wildman–Crippen MR) is 94.3 cm³/mol. The highest BCUT2D eigenvalue weighted by Crippen LogP contribution is 2.40. The molecule has 98 valence electrons. The van der Waals surface area contributed by atoms with Gasteiger partial charge in [0.05, 0.1) is 0 Å². The molecule has 0 spiro atoms. The van der Waals surface area contributed by atoms with Crippen molar-refractivity contribution in [2.45, 2.75) is 0 Å². The van der Waals surface area contributed by atoms with Gasteiger partial charge in [-0.25, -0.2) is 0 Å². The molecule has 5 rings (SSSR count). The fraction of sp³-hybridized carbons (Fsp3) is 0. The summed E-state index contributed by atoms with van der Waals surface area (Å²) in [6.07, 6.45) is 0. The molecule has 1 heterocycles. The van der Waals surface area contributed by atoms with E-state index in [0.717, 1.165) is 0 Å². The van der Waals surface area contributed by atoms with Gasteiger partial charge in [-0.05, 0) is 22.2 Å². The SMILES string of the molecule is c1ccc2c(c1)ccc1ccc3c4ccccc4sc3c12. The van der Waals surface area contributed by atoms with E-state index in [1.54, 1.807) is 0 Å². The third-order valence-corrected chi connectivity index (χ3v) is 5.46. The quantitative estimate of drug-likeness (QED) is 0.290. The molecule has 0 atom stereocenters. The minimum atomic E-state index is 1.31. The zero-order valence-electron chi connectivity index (χ0n) is 11.3. The van der Waals surface area contributed by atoms with E-state index >= 15 is 0 Å². The minimum Gasteiger partial charge on any atom is -0.135 e. The maximum Gasteiger partial charge on any atom is 0.0440 e. The second-order valence-corrected chi connectivity index (χ2v) is 6.48. The lowest BCUT2D eigenvalue weighted by Crippen LogP contribution is -1.77. The highest BCUT2D eigenvalue weighted by Gasteiger charge is 2.10. The zero-order valence-corrected chi connectivity index (χ0v) is 12.2. The molecule has 0 fully saturated rings. The Balaban J connectivity index is 2.14. The van der Waals surface area contributed by atoms with Gasteiger partial charge in [0.25, 0.3) is 0 Å². The van der Waals surface area contributed by atoms with Crippen LogP contribution in [0.1, 0.15) is 0 Å². The van der Waals surface area contributed by atoms with Crippen LogP contribution in [-0.2, 0) is 0 Å². The van der Waals surface area contributed by atoms with Crippen LogP contribution in [0.4, 0.5) is 0 Å². The van der Waals surface area contributed by atoms with Gasteiger partial charge in [-0.2, -0.15) is 0 Å². The number of thiophene rings is 1. The van der Waals surface area contributed by atoms with Crippen molar-refractivity contribution in [1.82, 2.24) is 0 Å². The Morgan fingerprint density at radius 2 is 1.24 bits per heavy atom. The van der Waals surface area contributed by atoms with Crippen molar-refractivity contribution in [2.24, 2.45) is 0 Å². The third-order valence-electron chi connectivity index (χ3n) is 4.25. The van der Waals surface area contributed by atoms with Gasteiger partial charge >= 0.3 is 0 Å². The van der Waals surface area contributed by atoms with Crippen molar-refractivity contribution in [3.8, 4) is 0 Å². The molecule has 1 aromatic heterocycles. The molecule has 0 nitrogen and oxygen atoms in total. The van der Waals surface area contributed by atoms with Crippen LogP contribution in [-0.4, -0.2) is 0 Å². The normalized spacial score (nSPS) is 11.8. The van der Waals surface area contributed by atoms with E-state index < -0.39 is 0 Å². The van der Waals surface area contributed by atoms with Gasteiger partial charge in [-0.3, -0.25) is 0 Å². The molecule has 1 heteroatoms. The van der Waals surface area contributed by atoms with Gasteiger partial charge in [-0.15, -0.1) is 11.3 Å². The van der Waals surface area contributed by atoms with Gasteiger partial charge in [-0.1, -0.05) is 66.7 Å². The summed E-state index contributed by atoms with van der Waals surface area (Å²) in [5, 5.41) is 8.13. The van der Waals surface area contributed by atoms with E-state index in [4.69, 9.17) is 0 Å². The summed E-state index contributed by atoms with van der Waals surface area (Å²) >= 11 is 1.91. The van der Waals surface area contributed by atoms with Gasteiger partial charge in [0.1, 0.15) is 0 Å². The van der Waals surface area contributed by atoms with Crippen LogP contribution in [0, 0.1) is 0 Å². The molecule has 0 saturated carbocycles. The highest BCUT2D eigenvalue weighted by atomic mass is 32.1. The first-order valence-electron chi connectivity index (χ1n) is 7.13. The molecule has 0 bridgehead atoms. The highest BCUT2D eigenvalue weighted by molar-refractivity contribution is 7.26. The second kappa shape index (κ2) is 4.06. The van der Waals surface area contributed by atoms with Crippen molar-refractivity contribution < 1.29 is 0 Å². The monoisotopic (exact) mass is 284 g/mol. The van der Waals surface area contributed by atoms with Crippen molar-refractivity contribution in [3.05, 3.63) is 72.8 Å².